The fraction of sp³-hybridized carbons (Fsp3) is 0.906. The second-order valence-electron chi connectivity index (χ2n) is 15.8. The summed E-state index contributed by atoms with van der Waals surface area (Å²) in [6.07, 6.45) is 7.14. The lowest BCUT2D eigenvalue weighted by Gasteiger charge is -2.52. The van der Waals surface area contributed by atoms with Crippen molar-refractivity contribution in [3.05, 3.63) is 12.2 Å². The molecule has 3 spiro atoms. The summed E-state index contributed by atoms with van der Waals surface area (Å²) in [6, 6.07) is 0. The van der Waals surface area contributed by atoms with Crippen LogP contribution in [-0.4, -0.2) is 71.0 Å². The Bertz CT molecular complexity index is 1190. The monoisotopic (exact) mass is 554 g/mol. The minimum atomic E-state index is -0.799. The lowest BCUT2D eigenvalue weighted by atomic mass is 9.55. The molecule has 5 bridgehead atoms. The summed E-state index contributed by atoms with van der Waals surface area (Å²) in [7, 11) is 0. The molecule has 218 valence electrons. The Labute approximate surface area is 235 Å². The van der Waals surface area contributed by atoms with Crippen molar-refractivity contribution in [1.82, 2.24) is 0 Å². The van der Waals surface area contributed by atoms with Gasteiger partial charge >= 0.3 is 5.97 Å². The maximum Gasteiger partial charge on any atom is 0.333 e. The van der Waals surface area contributed by atoms with Crippen LogP contribution in [0.3, 0.4) is 0 Å². The fourth-order valence-corrected chi connectivity index (χ4v) is 12.9. The van der Waals surface area contributed by atoms with Crippen LogP contribution in [0.4, 0.5) is 0 Å². The van der Waals surface area contributed by atoms with E-state index in [9.17, 15) is 15.0 Å². The summed E-state index contributed by atoms with van der Waals surface area (Å²) < 4.78 is 33.5. The van der Waals surface area contributed by atoms with Gasteiger partial charge in [0.2, 0.25) is 0 Å². The van der Waals surface area contributed by atoms with Crippen LogP contribution in [0.1, 0.15) is 64.7 Å². The second-order valence-corrected chi connectivity index (χ2v) is 15.8. The Morgan fingerprint density at radius 2 is 1.80 bits per heavy atom. The summed E-state index contributed by atoms with van der Waals surface area (Å²) >= 11 is 0. The first-order valence-electron chi connectivity index (χ1n) is 16.1. The minimum Gasteiger partial charge on any atom is -0.459 e. The number of hydrogen-bond acceptors (Lipinski definition) is 8. The molecule has 0 aromatic heterocycles. The topological polar surface area (TPSA) is 104 Å². The van der Waals surface area contributed by atoms with Gasteiger partial charge in [0.05, 0.1) is 23.9 Å². The molecule has 0 radical (unpaired) electrons. The number of hydrogen-bond donors (Lipinski definition) is 2. The predicted octanol–water partition coefficient (Wildman–Crippen LogP) is 2.94. The molecule has 13 unspecified atom stereocenters. The van der Waals surface area contributed by atoms with Gasteiger partial charge in [-0.1, -0.05) is 6.58 Å². The molecular weight excluding hydrogens is 512 g/mol. The fourth-order valence-electron chi connectivity index (χ4n) is 12.9. The van der Waals surface area contributed by atoms with E-state index in [1.54, 1.807) is 6.92 Å². The van der Waals surface area contributed by atoms with Crippen molar-refractivity contribution in [1.29, 1.82) is 0 Å². The van der Waals surface area contributed by atoms with Crippen LogP contribution in [-0.2, 0) is 28.5 Å². The molecule has 3 heterocycles. The number of carbonyl (C=O) groups excluding carboxylic acids is 1. The zero-order chi connectivity index (χ0) is 26.9. The number of ether oxygens (including phenoxy) is 5. The lowest BCUT2D eigenvalue weighted by Crippen LogP contribution is -2.54. The molecule has 2 N–H and O–H groups in total. The molecule has 10 aliphatic rings. The smallest absolute Gasteiger partial charge is 0.333 e. The average molecular weight is 555 g/mol. The van der Waals surface area contributed by atoms with Gasteiger partial charge in [0, 0.05) is 29.2 Å². The van der Waals surface area contributed by atoms with Gasteiger partial charge < -0.3 is 33.9 Å². The van der Waals surface area contributed by atoms with Crippen LogP contribution in [0.2, 0.25) is 0 Å². The number of rotatable bonds is 3. The molecule has 10 fully saturated rings. The Morgan fingerprint density at radius 1 is 0.925 bits per heavy atom. The zero-order valence-corrected chi connectivity index (χ0v) is 23.3. The van der Waals surface area contributed by atoms with Crippen molar-refractivity contribution in [2.45, 2.75) is 113 Å². The summed E-state index contributed by atoms with van der Waals surface area (Å²) in [5, 5.41) is 22.9. The van der Waals surface area contributed by atoms with Gasteiger partial charge in [0.15, 0.2) is 12.1 Å². The molecule has 8 heteroatoms. The van der Waals surface area contributed by atoms with Gasteiger partial charge in [-0.2, -0.15) is 0 Å². The highest BCUT2D eigenvalue weighted by Gasteiger charge is 2.82. The maximum atomic E-state index is 12.4. The van der Waals surface area contributed by atoms with Crippen molar-refractivity contribution in [3.63, 3.8) is 0 Å². The van der Waals surface area contributed by atoms with Crippen molar-refractivity contribution < 1.29 is 38.7 Å². The second kappa shape index (κ2) is 7.54. The molecule has 3 aliphatic heterocycles. The van der Waals surface area contributed by atoms with Gasteiger partial charge in [-0.15, -0.1) is 0 Å². The van der Waals surface area contributed by atoms with E-state index in [1.807, 2.05) is 0 Å². The van der Waals surface area contributed by atoms with Crippen LogP contribution in [0, 0.1) is 58.7 Å². The number of esters is 1. The summed E-state index contributed by atoms with van der Waals surface area (Å²) in [4.78, 5) is 12.4. The zero-order valence-electron chi connectivity index (χ0n) is 23.3. The van der Waals surface area contributed by atoms with Crippen LogP contribution < -0.4 is 0 Å². The van der Waals surface area contributed by atoms with E-state index < -0.39 is 35.9 Å². The van der Waals surface area contributed by atoms with Crippen molar-refractivity contribution in [2.75, 3.05) is 6.61 Å². The summed E-state index contributed by atoms with van der Waals surface area (Å²) in [6.45, 7) is 5.46. The summed E-state index contributed by atoms with van der Waals surface area (Å²) in [5.74, 6) is 2.03. The predicted molar refractivity (Wildman–Crippen MR) is 138 cm³/mol. The largest absolute Gasteiger partial charge is 0.459 e. The average Bonchev–Trinajstić information content (AvgIpc) is 3.62. The van der Waals surface area contributed by atoms with E-state index in [0.717, 1.165) is 57.8 Å². The summed E-state index contributed by atoms with van der Waals surface area (Å²) in [5.41, 5.74) is 0.212. The molecule has 10 rings (SSSR count). The van der Waals surface area contributed by atoms with Crippen LogP contribution in [0.25, 0.3) is 0 Å². The van der Waals surface area contributed by atoms with E-state index in [0.29, 0.717) is 41.1 Å². The van der Waals surface area contributed by atoms with E-state index in [2.05, 4.69) is 6.58 Å². The molecule has 8 nitrogen and oxygen atoms in total. The molecule has 0 aromatic carbocycles. The van der Waals surface area contributed by atoms with Crippen molar-refractivity contribution in [2.24, 2.45) is 58.7 Å². The highest BCUT2D eigenvalue weighted by Crippen LogP contribution is 2.80. The number of aliphatic hydroxyl groups excluding tert-OH is 2. The van der Waals surface area contributed by atoms with Gasteiger partial charge in [-0.25, -0.2) is 4.79 Å². The quantitative estimate of drug-likeness (QED) is 0.406. The standard InChI is InChI=1S/C32H42O8/c1-13(2)28(35)36-12-22-26-19(10-31(38-26)4-3-14-6-18-17(14)8-20(31)25(18)34)27-29(37-22)40-32(39-27)21-11-30-9-15(24(21)33)5-16(30)7-23(30)32/h14-27,29,33-34H,1,3-12H2,2H3/t14?,15?,16?,17?,18?,19-,20?,21?,22+,23?,24?,25?,26+,27+,29-,30?,31?,32?/m0/s1. The normalized spacial score (nSPS) is 64.4. The van der Waals surface area contributed by atoms with E-state index >= 15 is 0 Å². The Hall–Kier alpha value is -1.03. The third-order valence-electron chi connectivity index (χ3n) is 14.6. The molecule has 0 aromatic rings. The third kappa shape index (κ3) is 2.67. The Balaban J connectivity index is 0.999. The molecule has 40 heavy (non-hydrogen) atoms. The molecule has 0 amide bonds. The van der Waals surface area contributed by atoms with Gasteiger partial charge in [-0.05, 0) is 99.7 Å². The highest BCUT2D eigenvalue weighted by atomic mass is 16.8. The first kappa shape index (κ1) is 24.4. The molecule has 7 aliphatic carbocycles. The van der Waals surface area contributed by atoms with E-state index in [-0.39, 0.29) is 48.1 Å². The van der Waals surface area contributed by atoms with E-state index in [1.165, 1.54) is 0 Å². The van der Waals surface area contributed by atoms with E-state index in [4.69, 9.17) is 23.7 Å². The number of fused-ring (bicyclic) bond motifs is 9. The van der Waals surface area contributed by atoms with Crippen LogP contribution in [0.5, 0.6) is 0 Å². The Morgan fingerprint density at radius 3 is 2.65 bits per heavy atom. The molecule has 7 saturated carbocycles. The number of aliphatic hydroxyl groups is 2. The molecular formula is C32H42O8. The number of carbonyl (C=O) groups is 1. The first-order chi connectivity index (χ1) is 19.2. The van der Waals surface area contributed by atoms with Crippen LogP contribution >= 0.6 is 0 Å². The SMILES string of the molecule is C=C(C)C(=O)OC[C@H]1O[C@H]2OC3(O[C@@H]2[C@H]2CC4(CCC5CC6C(O)C4CC56)O[C@H]21)C1CC24CC(CC2CC43)C1O. The highest BCUT2D eigenvalue weighted by molar-refractivity contribution is 5.86. The van der Waals surface area contributed by atoms with Crippen LogP contribution in [0.15, 0.2) is 12.2 Å². The lowest BCUT2D eigenvalue weighted by molar-refractivity contribution is -0.293. The first-order valence-corrected chi connectivity index (χ1v) is 16.1. The van der Waals surface area contributed by atoms with Crippen molar-refractivity contribution in [3.8, 4) is 0 Å². The van der Waals surface area contributed by atoms with Gasteiger partial charge in [0.1, 0.15) is 18.8 Å². The van der Waals surface area contributed by atoms with Gasteiger partial charge in [-0.3, -0.25) is 0 Å². The maximum absolute atomic E-state index is 12.4. The van der Waals surface area contributed by atoms with Gasteiger partial charge in [0.25, 0.3) is 0 Å². The Kier molecular flexibility index (Phi) is 4.60. The van der Waals surface area contributed by atoms with Crippen molar-refractivity contribution >= 4 is 5.97 Å². The third-order valence-corrected chi connectivity index (χ3v) is 14.6. The minimum absolute atomic E-state index is 0.0187. The molecule has 3 saturated heterocycles. The molecule has 18 atom stereocenters.